The third-order valence-electron chi connectivity index (χ3n) is 1.33. The monoisotopic (exact) mass is 218 g/mol. The fourth-order valence-corrected chi connectivity index (χ4v) is 0.913. The number of amides is 1. The van der Waals surface area contributed by atoms with Crippen molar-refractivity contribution in [1.82, 2.24) is 4.98 Å². The topological polar surface area (TPSA) is 42.0 Å². The molecule has 13 heavy (non-hydrogen) atoms. The van der Waals surface area contributed by atoms with Crippen LogP contribution in [0.2, 0.25) is 5.02 Å². The van der Waals surface area contributed by atoms with Gasteiger partial charge in [0.2, 0.25) is 5.91 Å². The Morgan fingerprint density at radius 3 is 2.92 bits per heavy atom. The van der Waals surface area contributed by atoms with Crippen molar-refractivity contribution in [2.45, 2.75) is 12.3 Å². The number of alkyl halides is 1. The molecule has 0 saturated heterocycles. The van der Waals surface area contributed by atoms with Gasteiger partial charge in [-0.15, -0.1) is 11.6 Å². The van der Waals surface area contributed by atoms with Crippen molar-refractivity contribution in [3.05, 3.63) is 23.4 Å². The Hall–Kier alpha value is -0.800. The molecule has 0 spiro atoms. The average molecular weight is 219 g/mol. The molecule has 1 aromatic heterocycles. The van der Waals surface area contributed by atoms with Crippen LogP contribution < -0.4 is 5.32 Å². The summed E-state index contributed by atoms with van der Waals surface area (Å²) < 4.78 is 0. The predicted octanol–water partition coefficient (Wildman–Crippen LogP) is 2.30. The van der Waals surface area contributed by atoms with Crippen LogP contribution in [0.1, 0.15) is 6.92 Å². The molecular formula is C8H8Cl2N2O. The third-order valence-corrected chi connectivity index (χ3v) is 1.77. The standard InChI is InChI=1S/C8H8Cl2N2O/c1-5(9)8(13)12-7-4-6(10)2-3-11-7/h2-5H,1H3,(H,11,12,13). The van der Waals surface area contributed by atoms with E-state index >= 15 is 0 Å². The van der Waals surface area contributed by atoms with E-state index in [-0.39, 0.29) is 5.91 Å². The Labute approximate surface area is 86.1 Å². The van der Waals surface area contributed by atoms with Gasteiger partial charge in [0.15, 0.2) is 0 Å². The van der Waals surface area contributed by atoms with Crippen LogP contribution in [-0.2, 0) is 4.79 Å². The summed E-state index contributed by atoms with van der Waals surface area (Å²) in [5.41, 5.74) is 0. The normalized spacial score (nSPS) is 12.2. The molecule has 3 nitrogen and oxygen atoms in total. The molecule has 70 valence electrons. The second kappa shape index (κ2) is 4.44. The second-order valence-corrected chi connectivity index (χ2v) is 3.56. The molecule has 0 saturated carbocycles. The van der Waals surface area contributed by atoms with Crippen LogP contribution >= 0.6 is 23.2 Å². The summed E-state index contributed by atoms with van der Waals surface area (Å²) in [5, 5.41) is 2.45. The summed E-state index contributed by atoms with van der Waals surface area (Å²) in [4.78, 5) is 15.0. The van der Waals surface area contributed by atoms with Crippen molar-refractivity contribution in [3.8, 4) is 0 Å². The largest absolute Gasteiger partial charge is 0.309 e. The van der Waals surface area contributed by atoms with E-state index in [0.717, 1.165) is 0 Å². The van der Waals surface area contributed by atoms with Crippen LogP contribution in [0.4, 0.5) is 5.82 Å². The molecule has 5 heteroatoms. The lowest BCUT2D eigenvalue weighted by Crippen LogP contribution is -2.20. The first-order chi connectivity index (χ1) is 6.09. The molecule has 0 bridgehead atoms. The minimum Gasteiger partial charge on any atom is -0.309 e. The van der Waals surface area contributed by atoms with Crippen LogP contribution in [-0.4, -0.2) is 16.3 Å². The molecule has 0 aliphatic heterocycles. The summed E-state index contributed by atoms with van der Waals surface area (Å²) in [6.45, 7) is 1.58. The minimum absolute atomic E-state index is 0.295. The van der Waals surface area contributed by atoms with Crippen LogP contribution in [0.25, 0.3) is 0 Å². The van der Waals surface area contributed by atoms with Crippen molar-refractivity contribution in [3.63, 3.8) is 0 Å². The van der Waals surface area contributed by atoms with Gasteiger partial charge in [-0.3, -0.25) is 4.79 Å². The van der Waals surface area contributed by atoms with Crippen molar-refractivity contribution in [2.24, 2.45) is 0 Å². The zero-order chi connectivity index (χ0) is 9.84. The van der Waals surface area contributed by atoms with Crippen molar-refractivity contribution in [2.75, 3.05) is 5.32 Å². The van der Waals surface area contributed by atoms with Gasteiger partial charge in [0.1, 0.15) is 11.2 Å². The number of aromatic nitrogens is 1. The van der Waals surface area contributed by atoms with E-state index in [9.17, 15) is 4.79 Å². The van der Waals surface area contributed by atoms with E-state index in [4.69, 9.17) is 23.2 Å². The number of carbonyl (C=O) groups is 1. The fourth-order valence-electron chi connectivity index (χ4n) is 0.699. The summed E-state index contributed by atoms with van der Waals surface area (Å²) in [7, 11) is 0. The summed E-state index contributed by atoms with van der Waals surface area (Å²) >= 11 is 11.2. The minimum atomic E-state index is -0.583. The number of nitrogens with zero attached hydrogens (tertiary/aromatic N) is 1. The molecule has 1 unspecified atom stereocenters. The SMILES string of the molecule is CC(Cl)C(=O)Nc1cc(Cl)ccn1. The lowest BCUT2D eigenvalue weighted by molar-refractivity contribution is -0.115. The third kappa shape index (κ3) is 3.20. The van der Waals surface area contributed by atoms with E-state index in [1.807, 2.05) is 0 Å². The number of hydrogen-bond donors (Lipinski definition) is 1. The van der Waals surface area contributed by atoms with Gasteiger partial charge in [-0.05, 0) is 19.1 Å². The van der Waals surface area contributed by atoms with E-state index in [0.29, 0.717) is 10.8 Å². The molecular weight excluding hydrogens is 211 g/mol. The van der Waals surface area contributed by atoms with Gasteiger partial charge >= 0.3 is 0 Å². The number of hydrogen-bond acceptors (Lipinski definition) is 2. The zero-order valence-corrected chi connectivity index (χ0v) is 8.43. The Bertz CT molecular complexity index is 315. The van der Waals surface area contributed by atoms with Crippen molar-refractivity contribution >= 4 is 34.9 Å². The van der Waals surface area contributed by atoms with Crippen molar-refractivity contribution in [1.29, 1.82) is 0 Å². The highest BCUT2D eigenvalue weighted by Gasteiger charge is 2.09. The number of anilines is 1. The van der Waals surface area contributed by atoms with E-state index < -0.39 is 5.38 Å². The first-order valence-corrected chi connectivity index (χ1v) is 4.47. The smallest absolute Gasteiger partial charge is 0.243 e. The van der Waals surface area contributed by atoms with Gasteiger partial charge in [-0.2, -0.15) is 0 Å². The maximum absolute atomic E-state index is 11.1. The Morgan fingerprint density at radius 2 is 2.38 bits per heavy atom. The highest BCUT2D eigenvalue weighted by molar-refractivity contribution is 6.32. The summed E-state index contributed by atoms with van der Waals surface area (Å²) in [6.07, 6.45) is 1.51. The van der Waals surface area contributed by atoms with Gasteiger partial charge in [0, 0.05) is 11.2 Å². The predicted molar refractivity (Wildman–Crippen MR) is 53.2 cm³/mol. The lowest BCUT2D eigenvalue weighted by atomic mass is 10.4. The van der Waals surface area contributed by atoms with Gasteiger partial charge in [0.25, 0.3) is 0 Å². The number of halogens is 2. The molecule has 1 amide bonds. The van der Waals surface area contributed by atoms with Gasteiger partial charge in [-0.25, -0.2) is 4.98 Å². The van der Waals surface area contributed by atoms with Crippen molar-refractivity contribution < 1.29 is 4.79 Å². The first-order valence-electron chi connectivity index (χ1n) is 3.66. The number of pyridine rings is 1. The number of carbonyl (C=O) groups excluding carboxylic acids is 1. The molecule has 0 aliphatic carbocycles. The molecule has 1 atom stereocenters. The van der Waals surface area contributed by atoms with E-state index in [1.165, 1.54) is 6.20 Å². The zero-order valence-electron chi connectivity index (χ0n) is 6.92. The van der Waals surface area contributed by atoms with E-state index in [1.54, 1.807) is 19.1 Å². The first kappa shape index (κ1) is 10.3. The van der Waals surface area contributed by atoms with Crippen LogP contribution in [0.3, 0.4) is 0 Å². The molecule has 0 aliphatic rings. The molecule has 0 fully saturated rings. The highest BCUT2D eigenvalue weighted by Crippen LogP contribution is 2.12. The molecule has 1 aromatic rings. The molecule has 0 radical (unpaired) electrons. The molecule has 1 rings (SSSR count). The maximum atomic E-state index is 11.1. The van der Waals surface area contributed by atoms with Gasteiger partial charge in [-0.1, -0.05) is 11.6 Å². The average Bonchev–Trinajstić information content (AvgIpc) is 2.04. The second-order valence-electron chi connectivity index (χ2n) is 2.46. The molecule has 1 heterocycles. The number of nitrogens with one attached hydrogen (secondary N) is 1. The number of rotatable bonds is 2. The quantitative estimate of drug-likeness (QED) is 0.775. The van der Waals surface area contributed by atoms with Gasteiger partial charge < -0.3 is 5.32 Å². The van der Waals surface area contributed by atoms with Gasteiger partial charge in [0.05, 0.1) is 0 Å². The maximum Gasteiger partial charge on any atom is 0.243 e. The summed E-state index contributed by atoms with van der Waals surface area (Å²) in [5.74, 6) is 0.112. The Morgan fingerprint density at radius 1 is 1.69 bits per heavy atom. The van der Waals surface area contributed by atoms with E-state index in [2.05, 4.69) is 10.3 Å². The van der Waals surface area contributed by atoms with Crippen LogP contribution in [0.15, 0.2) is 18.3 Å². The Balaban J connectivity index is 2.69. The molecule has 1 N–H and O–H groups in total. The van der Waals surface area contributed by atoms with Crippen LogP contribution in [0.5, 0.6) is 0 Å². The van der Waals surface area contributed by atoms with Crippen LogP contribution in [0, 0.1) is 0 Å². The summed E-state index contributed by atoms with van der Waals surface area (Å²) in [6, 6.07) is 3.18. The fraction of sp³-hybridized carbons (Fsp3) is 0.250. The lowest BCUT2D eigenvalue weighted by Gasteiger charge is -2.04. The molecule has 0 aromatic carbocycles. The Kier molecular flexibility index (Phi) is 3.51. The highest BCUT2D eigenvalue weighted by atomic mass is 35.5.